The van der Waals surface area contributed by atoms with Crippen LogP contribution in [0, 0.1) is 0 Å². The number of sulfonamides is 1. The summed E-state index contributed by atoms with van der Waals surface area (Å²) in [5, 5.41) is 17.3. The van der Waals surface area contributed by atoms with Crippen LogP contribution in [0.2, 0.25) is 0 Å². The van der Waals surface area contributed by atoms with Crippen LogP contribution in [-0.2, 0) is 48.0 Å². The molecule has 1 aromatic heterocycles. The highest BCUT2D eigenvalue weighted by atomic mass is 32.2. The Hall–Kier alpha value is -5.04. The lowest BCUT2D eigenvalue weighted by molar-refractivity contribution is -0.121. The first-order valence-electron chi connectivity index (χ1n) is 24.2. The lowest BCUT2D eigenvalue weighted by atomic mass is 10.0. The van der Waals surface area contributed by atoms with Crippen LogP contribution in [0.25, 0.3) is 21.8 Å². The number of thioether (sulfide) groups is 1. The molecule has 4 aromatic rings. The van der Waals surface area contributed by atoms with Crippen LogP contribution >= 0.6 is 11.8 Å². The molecule has 20 nitrogen and oxygen atoms in total. The number of benzene rings is 3. The van der Waals surface area contributed by atoms with Crippen LogP contribution in [0.5, 0.6) is 5.75 Å². The van der Waals surface area contributed by atoms with Crippen molar-refractivity contribution in [2.75, 3.05) is 134 Å². The molecule has 6 N–H and O–H groups in total. The number of fused-ring (bicyclic) bond motifs is 3. The molecule has 2 aliphatic heterocycles. The molecule has 2 aliphatic rings. The summed E-state index contributed by atoms with van der Waals surface area (Å²) in [6.07, 6.45) is 3.28. The van der Waals surface area contributed by atoms with Crippen LogP contribution in [-0.4, -0.2) is 173 Å². The molecule has 0 unspecified atom stereocenters. The molecule has 0 spiro atoms. The topological polar surface area (TPSA) is 244 Å². The zero-order valence-electron chi connectivity index (χ0n) is 40.6. The maximum atomic E-state index is 13.1. The van der Waals surface area contributed by atoms with Gasteiger partial charge in [0.1, 0.15) is 5.75 Å². The molecule has 0 radical (unpaired) electrons. The average Bonchev–Trinajstić information content (AvgIpc) is 3.93. The second-order valence-electron chi connectivity index (χ2n) is 16.5. The second kappa shape index (κ2) is 30.1. The Morgan fingerprint density at radius 1 is 0.718 bits per heavy atom. The van der Waals surface area contributed by atoms with Crippen LogP contribution in [0.15, 0.2) is 60.7 Å². The largest absolute Gasteiger partial charge is 0.494 e. The van der Waals surface area contributed by atoms with E-state index in [0.717, 1.165) is 47.0 Å². The molecule has 3 heterocycles. The fourth-order valence-electron chi connectivity index (χ4n) is 7.80. The summed E-state index contributed by atoms with van der Waals surface area (Å²) < 4.78 is 71.3. The van der Waals surface area contributed by atoms with Gasteiger partial charge in [-0.05, 0) is 56.2 Å². The van der Waals surface area contributed by atoms with Crippen LogP contribution in [0.4, 0.5) is 21.9 Å². The fourth-order valence-corrected chi connectivity index (χ4v) is 9.97. The minimum Gasteiger partial charge on any atom is -0.494 e. The number of hydrogen-bond donors (Lipinski definition) is 6. The number of para-hydroxylation sites is 1. The van der Waals surface area contributed by atoms with Gasteiger partial charge in [0.05, 0.1) is 146 Å². The van der Waals surface area contributed by atoms with E-state index >= 15 is 0 Å². The van der Waals surface area contributed by atoms with Crippen molar-refractivity contribution in [1.29, 1.82) is 0 Å². The molecular formula is C49H69N7O13S2. The summed E-state index contributed by atoms with van der Waals surface area (Å²) in [5.41, 5.74) is 3.57. The van der Waals surface area contributed by atoms with Crippen molar-refractivity contribution >= 4 is 78.5 Å². The van der Waals surface area contributed by atoms with E-state index in [-0.39, 0.29) is 35.7 Å². The molecule has 0 saturated carbocycles. The highest BCUT2D eigenvalue weighted by Crippen LogP contribution is 2.38. The third-order valence-corrected chi connectivity index (χ3v) is 14.3. The Kier molecular flexibility index (Phi) is 23.4. The highest BCUT2D eigenvalue weighted by molar-refractivity contribution is 8.00. The standard InChI is InChI=1S/C49H69N7O13S2/c1-3-71(60,61)56-36-13-15-40(43(33-36)62-2)53-46-37-8-4-5-9-39(37)52-41-32-35(12-14-38(41)46)48(58)51-17-19-64-21-23-66-25-27-68-29-31-69-30-28-67-26-24-65-22-20-63-18-16-50-45(57)11-7-6-10-44-47-42(34-70-44)54-49(59)55-47/h4-5,8-9,12-15,32-33,42,44,47,56H,3,6-7,10-11,16-31,34H2,1-2H3,(H,50,57)(H,51,58)(H,52,53)(H2,54,55,59)/t42-,44-,47-/m0/s1. The van der Waals surface area contributed by atoms with Crippen LogP contribution in [0.3, 0.4) is 0 Å². The summed E-state index contributed by atoms with van der Waals surface area (Å²) in [5.74, 6) is 1.11. The summed E-state index contributed by atoms with van der Waals surface area (Å²) in [7, 11) is -1.95. The van der Waals surface area contributed by atoms with Gasteiger partial charge >= 0.3 is 6.03 Å². The predicted octanol–water partition coefficient (Wildman–Crippen LogP) is 4.59. The van der Waals surface area contributed by atoms with Gasteiger partial charge in [0.15, 0.2) is 0 Å². The van der Waals surface area contributed by atoms with Gasteiger partial charge in [0.25, 0.3) is 5.91 Å². The molecule has 71 heavy (non-hydrogen) atoms. The molecule has 0 aliphatic carbocycles. The van der Waals surface area contributed by atoms with Crippen LogP contribution < -0.4 is 36.0 Å². The van der Waals surface area contributed by atoms with Crippen molar-refractivity contribution in [3.63, 3.8) is 0 Å². The predicted molar refractivity (Wildman–Crippen MR) is 274 cm³/mol. The lowest BCUT2D eigenvalue weighted by Gasteiger charge is -2.17. The zero-order valence-corrected chi connectivity index (χ0v) is 42.3. The SMILES string of the molecule is CCS(=O)(=O)Nc1ccc(Nc2c3ccccc3nc3cc(C(=O)NCCOCCOCCOCCOCCOCCOCCOCCNC(=O)CCCC[C@@H]4SC[C@@H]5NC(=O)N[C@@H]54)ccc23)c(OC)c1. The number of aromatic nitrogens is 1. The first kappa shape index (κ1) is 55.3. The zero-order chi connectivity index (χ0) is 50.1. The summed E-state index contributed by atoms with van der Waals surface area (Å²) in [6, 6.07) is 18.4. The number of anilines is 3. The number of methoxy groups -OCH3 is 1. The number of unbranched alkanes of at least 4 members (excludes halogenated alkanes) is 1. The Bertz CT molecular complexity index is 2420. The van der Waals surface area contributed by atoms with Gasteiger partial charge in [-0.25, -0.2) is 18.2 Å². The maximum absolute atomic E-state index is 13.1. The number of rotatable bonds is 36. The van der Waals surface area contributed by atoms with Crippen molar-refractivity contribution < 1.29 is 60.7 Å². The molecule has 4 amide bonds. The van der Waals surface area contributed by atoms with E-state index in [4.69, 9.17) is 42.9 Å². The van der Waals surface area contributed by atoms with Crippen LogP contribution in [0.1, 0.15) is 43.0 Å². The summed E-state index contributed by atoms with van der Waals surface area (Å²) in [4.78, 5) is 41.6. The minimum absolute atomic E-state index is 0.0299. The number of hydrogen-bond acceptors (Lipinski definition) is 16. The molecule has 6 rings (SSSR count). The minimum atomic E-state index is -3.46. The number of ether oxygens (including phenoxy) is 8. The second-order valence-corrected chi connectivity index (χ2v) is 19.8. The van der Waals surface area contributed by atoms with E-state index in [9.17, 15) is 22.8 Å². The normalized spacial score (nSPS) is 16.4. The highest BCUT2D eigenvalue weighted by Gasteiger charge is 2.42. The van der Waals surface area contributed by atoms with Gasteiger partial charge in [-0.2, -0.15) is 11.8 Å². The van der Waals surface area contributed by atoms with Crippen molar-refractivity contribution in [1.82, 2.24) is 26.3 Å². The van der Waals surface area contributed by atoms with E-state index in [2.05, 4.69) is 31.3 Å². The van der Waals surface area contributed by atoms with Gasteiger partial charge in [0.2, 0.25) is 15.9 Å². The van der Waals surface area contributed by atoms with Gasteiger partial charge < -0.3 is 64.5 Å². The Morgan fingerprint density at radius 2 is 1.32 bits per heavy atom. The molecule has 3 atom stereocenters. The van der Waals surface area contributed by atoms with E-state index in [0.29, 0.717) is 145 Å². The van der Waals surface area contributed by atoms with Crippen molar-refractivity contribution in [2.24, 2.45) is 0 Å². The number of urea groups is 1. The average molecular weight is 1030 g/mol. The smallest absolute Gasteiger partial charge is 0.315 e. The maximum Gasteiger partial charge on any atom is 0.315 e. The van der Waals surface area contributed by atoms with Gasteiger partial charge in [-0.3, -0.25) is 14.3 Å². The number of amides is 4. The van der Waals surface area contributed by atoms with Gasteiger partial charge in [-0.1, -0.05) is 24.6 Å². The Morgan fingerprint density at radius 3 is 1.96 bits per heavy atom. The van der Waals surface area contributed by atoms with Crippen molar-refractivity contribution in [3.05, 3.63) is 66.2 Å². The van der Waals surface area contributed by atoms with E-state index in [1.807, 2.05) is 42.1 Å². The number of pyridine rings is 1. The number of carbonyl (C=O) groups is 3. The fraction of sp³-hybridized carbons (Fsp3) is 0.551. The van der Waals surface area contributed by atoms with E-state index in [1.54, 1.807) is 37.3 Å². The Balaban J connectivity index is 0.711. The first-order valence-corrected chi connectivity index (χ1v) is 26.9. The molecule has 2 saturated heterocycles. The number of carbonyl (C=O) groups excluding carboxylic acids is 3. The summed E-state index contributed by atoms with van der Waals surface area (Å²) in [6.45, 7) is 8.26. The molecule has 390 valence electrons. The molecule has 3 aromatic carbocycles. The monoisotopic (exact) mass is 1030 g/mol. The molecule has 0 bridgehead atoms. The third-order valence-electron chi connectivity index (χ3n) is 11.5. The molecular weight excluding hydrogens is 959 g/mol. The number of nitrogens with one attached hydrogen (secondary N) is 6. The van der Waals surface area contributed by atoms with E-state index < -0.39 is 10.0 Å². The quantitative estimate of drug-likeness (QED) is 0.0207. The van der Waals surface area contributed by atoms with Crippen molar-refractivity contribution in [2.45, 2.75) is 49.9 Å². The molecule has 22 heteroatoms. The lowest BCUT2D eigenvalue weighted by Crippen LogP contribution is -2.36. The Labute approximate surface area is 420 Å². The third kappa shape index (κ3) is 18.5. The van der Waals surface area contributed by atoms with E-state index in [1.165, 1.54) is 7.11 Å². The summed E-state index contributed by atoms with van der Waals surface area (Å²) >= 11 is 1.89. The number of nitrogens with zero attached hydrogens (tertiary/aromatic N) is 1. The first-order chi connectivity index (χ1) is 34.6. The molecule has 2 fully saturated rings. The van der Waals surface area contributed by atoms with Gasteiger partial charge in [0, 0.05) is 52.9 Å². The van der Waals surface area contributed by atoms with Crippen molar-refractivity contribution in [3.8, 4) is 5.75 Å². The van der Waals surface area contributed by atoms with Gasteiger partial charge in [-0.15, -0.1) is 0 Å².